The minimum absolute atomic E-state index is 0.546. The third-order valence-electron chi connectivity index (χ3n) is 3.00. The maximum Gasteiger partial charge on any atom is 0.124 e. The largest absolute Gasteiger partial charge is 0.488 e. The molecular formula is C13H12N2O2S. The Morgan fingerprint density at radius 3 is 3.11 bits per heavy atom. The molecule has 4 nitrogen and oxygen atoms in total. The first-order valence-corrected chi connectivity index (χ1v) is 6.59. The average molecular weight is 260 g/mol. The van der Waals surface area contributed by atoms with Crippen molar-refractivity contribution in [2.75, 3.05) is 0 Å². The molecule has 0 atom stereocenters. The number of aryl methyl sites for hydroxylation is 1. The molecule has 0 bridgehead atoms. The second-order valence-electron chi connectivity index (χ2n) is 4.12. The van der Waals surface area contributed by atoms with Gasteiger partial charge in [-0.25, -0.2) is 0 Å². The quantitative estimate of drug-likeness (QED) is 0.682. The summed E-state index contributed by atoms with van der Waals surface area (Å²) in [6, 6.07) is 5.89. The first kappa shape index (κ1) is 11.2. The van der Waals surface area contributed by atoms with E-state index in [9.17, 15) is 0 Å². The van der Waals surface area contributed by atoms with Crippen molar-refractivity contribution in [2.45, 2.75) is 19.4 Å². The molecule has 0 saturated heterocycles. The Morgan fingerprint density at radius 1 is 1.39 bits per heavy atom. The van der Waals surface area contributed by atoms with Gasteiger partial charge >= 0.3 is 0 Å². The first-order chi connectivity index (χ1) is 8.86. The third-order valence-corrected chi connectivity index (χ3v) is 3.76. The maximum absolute atomic E-state index is 8.86. The van der Waals surface area contributed by atoms with E-state index in [2.05, 4.69) is 10.1 Å². The molecule has 0 radical (unpaired) electrons. The third kappa shape index (κ3) is 2.09. The van der Waals surface area contributed by atoms with Crippen LogP contribution in [0, 0.1) is 0 Å². The normalized spacial score (nSPS) is 15.9. The van der Waals surface area contributed by atoms with Crippen LogP contribution in [0.3, 0.4) is 0 Å². The van der Waals surface area contributed by atoms with Gasteiger partial charge in [0.2, 0.25) is 0 Å². The van der Waals surface area contributed by atoms with E-state index >= 15 is 0 Å². The highest BCUT2D eigenvalue weighted by Gasteiger charge is 2.18. The van der Waals surface area contributed by atoms with Crippen molar-refractivity contribution in [1.82, 2.24) is 4.98 Å². The lowest BCUT2D eigenvalue weighted by Crippen LogP contribution is -1.96. The van der Waals surface area contributed by atoms with E-state index in [4.69, 9.17) is 9.94 Å². The summed E-state index contributed by atoms with van der Waals surface area (Å²) in [5, 5.41) is 12.2. The Balaban J connectivity index is 1.75. The number of ether oxygens (including phenoxy) is 1. The maximum atomic E-state index is 8.86. The van der Waals surface area contributed by atoms with Gasteiger partial charge in [0.15, 0.2) is 0 Å². The Morgan fingerprint density at radius 2 is 2.33 bits per heavy atom. The van der Waals surface area contributed by atoms with Crippen LogP contribution in [0.4, 0.5) is 0 Å². The Kier molecular flexibility index (Phi) is 2.98. The van der Waals surface area contributed by atoms with Gasteiger partial charge in [-0.3, -0.25) is 4.98 Å². The average Bonchev–Trinajstić information content (AvgIpc) is 3.05. The van der Waals surface area contributed by atoms with Crippen LogP contribution >= 0.6 is 11.3 Å². The van der Waals surface area contributed by atoms with Gasteiger partial charge in [-0.2, -0.15) is 0 Å². The van der Waals surface area contributed by atoms with Crippen molar-refractivity contribution in [2.24, 2.45) is 5.16 Å². The van der Waals surface area contributed by atoms with Crippen LogP contribution in [0.5, 0.6) is 5.75 Å². The van der Waals surface area contributed by atoms with Crippen molar-refractivity contribution in [3.63, 3.8) is 0 Å². The van der Waals surface area contributed by atoms with Gasteiger partial charge in [-0.15, -0.1) is 11.3 Å². The molecule has 2 aromatic rings. The molecule has 3 rings (SSSR count). The Labute approximate surface area is 109 Å². The van der Waals surface area contributed by atoms with Gasteiger partial charge in [0.05, 0.1) is 16.1 Å². The van der Waals surface area contributed by atoms with E-state index in [0.29, 0.717) is 6.61 Å². The van der Waals surface area contributed by atoms with Crippen LogP contribution in [-0.4, -0.2) is 15.9 Å². The highest BCUT2D eigenvalue weighted by Crippen LogP contribution is 2.27. The fraction of sp³-hybridized carbons (Fsp3) is 0.231. The van der Waals surface area contributed by atoms with Gasteiger partial charge < -0.3 is 9.94 Å². The van der Waals surface area contributed by atoms with E-state index in [-0.39, 0.29) is 0 Å². The number of nitrogens with zero attached hydrogens (tertiary/aromatic N) is 2. The molecule has 0 fully saturated rings. The van der Waals surface area contributed by atoms with E-state index in [1.165, 1.54) is 5.56 Å². The van der Waals surface area contributed by atoms with E-state index in [0.717, 1.165) is 34.7 Å². The number of thiazole rings is 1. The number of hydrogen-bond acceptors (Lipinski definition) is 5. The standard InChI is InChI=1S/C13H12N2O2S/c16-15-13-4-1-9-5-10(2-3-12(9)13)17-7-11-6-14-8-18-11/h2-3,5-6,8,16H,1,4,7H2/b15-13-. The molecule has 1 N–H and O–H groups in total. The van der Waals surface area contributed by atoms with Crippen LogP contribution in [0.2, 0.25) is 0 Å². The Hall–Kier alpha value is -1.88. The molecule has 5 heteroatoms. The summed E-state index contributed by atoms with van der Waals surface area (Å²) >= 11 is 1.58. The monoisotopic (exact) mass is 260 g/mol. The molecule has 1 aromatic carbocycles. The lowest BCUT2D eigenvalue weighted by Gasteiger charge is -2.06. The predicted molar refractivity (Wildman–Crippen MR) is 69.5 cm³/mol. The van der Waals surface area contributed by atoms with Gasteiger partial charge in [-0.05, 0) is 36.6 Å². The number of fused-ring (bicyclic) bond motifs is 1. The van der Waals surface area contributed by atoms with E-state index < -0.39 is 0 Å². The first-order valence-electron chi connectivity index (χ1n) is 5.71. The zero-order valence-electron chi connectivity index (χ0n) is 9.67. The molecule has 0 spiro atoms. The number of rotatable bonds is 3. The summed E-state index contributed by atoms with van der Waals surface area (Å²) in [7, 11) is 0. The second-order valence-corrected chi connectivity index (χ2v) is 5.09. The van der Waals surface area contributed by atoms with Crippen LogP contribution in [-0.2, 0) is 13.0 Å². The minimum atomic E-state index is 0.546. The second kappa shape index (κ2) is 4.78. The van der Waals surface area contributed by atoms with Crippen LogP contribution in [0.1, 0.15) is 22.4 Å². The Bertz CT molecular complexity index is 579. The molecule has 1 aliphatic carbocycles. The van der Waals surface area contributed by atoms with Gasteiger partial charge in [0, 0.05) is 11.8 Å². The summed E-state index contributed by atoms with van der Waals surface area (Å²) in [5.41, 5.74) is 4.78. The van der Waals surface area contributed by atoms with E-state index in [1.54, 1.807) is 16.8 Å². The molecule has 92 valence electrons. The topological polar surface area (TPSA) is 54.7 Å². The number of aromatic nitrogens is 1. The summed E-state index contributed by atoms with van der Waals surface area (Å²) in [6.07, 6.45) is 3.52. The van der Waals surface area contributed by atoms with Crippen LogP contribution in [0.25, 0.3) is 0 Å². The van der Waals surface area contributed by atoms with Crippen LogP contribution < -0.4 is 4.74 Å². The summed E-state index contributed by atoms with van der Waals surface area (Å²) in [4.78, 5) is 5.11. The van der Waals surface area contributed by atoms with Crippen molar-refractivity contribution in [3.8, 4) is 5.75 Å². The van der Waals surface area contributed by atoms with E-state index in [1.807, 2.05) is 24.4 Å². The molecule has 0 amide bonds. The summed E-state index contributed by atoms with van der Waals surface area (Å²) in [6.45, 7) is 0.546. The van der Waals surface area contributed by atoms with Crippen molar-refractivity contribution in [1.29, 1.82) is 0 Å². The van der Waals surface area contributed by atoms with Crippen molar-refractivity contribution < 1.29 is 9.94 Å². The summed E-state index contributed by atoms with van der Waals surface area (Å²) < 4.78 is 5.71. The summed E-state index contributed by atoms with van der Waals surface area (Å²) in [5.74, 6) is 0.848. The number of hydrogen-bond donors (Lipinski definition) is 1. The molecule has 0 aliphatic heterocycles. The van der Waals surface area contributed by atoms with Gasteiger partial charge in [-0.1, -0.05) is 5.16 Å². The lowest BCUT2D eigenvalue weighted by molar-refractivity contribution is 0.309. The highest BCUT2D eigenvalue weighted by molar-refractivity contribution is 7.09. The van der Waals surface area contributed by atoms with Gasteiger partial charge in [0.25, 0.3) is 0 Å². The number of oxime groups is 1. The molecular weight excluding hydrogens is 248 g/mol. The SMILES string of the molecule is O/N=C1/CCc2cc(OCc3cncs3)ccc21. The number of benzene rings is 1. The van der Waals surface area contributed by atoms with Crippen molar-refractivity contribution in [3.05, 3.63) is 45.9 Å². The zero-order valence-corrected chi connectivity index (χ0v) is 10.5. The highest BCUT2D eigenvalue weighted by atomic mass is 32.1. The molecule has 0 saturated carbocycles. The zero-order chi connectivity index (χ0) is 12.4. The fourth-order valence-electron chi connectivity index (χ4n) is 2.11. The fourth-order valence-corrected chi connectivity index (χ4v) is 2.61. The molecule has 18 heavy (non-hydrogen) atoms. The predicted octanol–water partition coefficient (Wildman–Crippen LogP) is 2.85. The molecule has 0 unspecified atom stereocenters. The molecule has 1 aliphatic rings. The van der Waals surface area contributed by atoms with Crippen molar-refractivity contribution >= 4 is 17.0 Å². The minimum Gasteiger partial charge on any atom is -0.488 e. The lowest BCUT2D eigenvalue weighted by atomic mass is 10.1. The smallest absolute Gasteiger partial charge is 0.124 e. The molecule has 1 aromatic heterocycles. The van der Waals surface area contributed by atoms with Gasteiger partial charge in [0.1, 0.15) is 12.4 Å². The van der Waals surface area contributed by atoms with Crippen LogP contribution in [0.15, 0.2) is 35.1 Å². The molecule has 1 heterocycles.